The highest BCUT2D eigenvalue weighted by Crippen LogP contribution is 2.65. The third kappa shape index (κ3) is 5.14. The molecule has 222 valence electrons. The van der Waals surface area contributed by atoms with Crippen LogP contribution < -0.4 is 0 Å². The van der Waals surface area contributed by atoms with E-state index in [0.29, 0.717) is 32.9 Å². The monoisotopic (exact) mass is 575 g/mol. The third-order valence-electron chi connectivity index (χ3n) is 9.66. The van der Waals surface area contributed by atoms with Crippen LogP contribution in [0.15, 0.2) is 24.3 Å². The van der Waals surface area contributed by atoms with Crippen LogP contribution in [-0.4, -0.2) is 118 Å². The molecule has 0 bridgehead atoms. The lowest BCUT2D eigenvalue weighted by Gasteiger charge is -2.41. The normalized spacial score (nSPS) is 37.3. The van der Waals surface area contributed by atoms with Crippen molar-refractivity contribution in [3.05, 3.63) is 24.3 Å². The number of morpholine rings is 1. The molecule has 0 aliphatic carbocycles. The lowest BCUT2D eigenvalue weighted by Crippen LogP contribution is -2.58. The zero-order chi connectivity index (χ0) is 28.5. The number of allylic oxidation sites excluding steroid dienone is 1. The van der Waals surface area contributed by atoms with Gasteiger partial charge in [-0.1, -0.05) is 44.6 Å². The number of ether oxygens (including phenoxy) is 2. The van der Waals surface area contributed by atoms with Crippen LogP contribution in [0.3, 0.4) is 0 Å². The number of aliphatic hydroxyl groups is 1. The van der Waals surface area contributed by atoms with E-state index in [0.717, 1.165) is 45.3 Å². The summed E-state index contributed by atoms with van der Waals surface area (Å²) in [4.78, 5) is 48.7. The highest BCUT2D eigenvalue weighted by Gasteiger charge is 2.74. The molecule has 5 aliphatic rings. The fourth-order valence-electron chi connectivity index (χ4n) is 7.24. The van der Waals surface area contributed by atoms with Gasteiger partial charge in [-0.05, 0) is 32.1 Å². The summed E-state index contributed by atoms with van der Waals surface area (Å²) < 4.78 is 9.62. The highest BCUT2D eigenvalue weighted by molar-refractivity contribution is 8.02. The van der Waals surface area contributed by atoms with Gasteiger partial charge in [0.2, 0.25) is 11.8 Å². The fraction of sp³-hybridized carbons (Fsp3) is 0.767. The maximum Gasteiger partial charge on any atom is 0.311 e. The second-order valence-electron chi connectivity index (χ2n) is 12.1. The molecule has 5 aliphatic heterocycles. The van der Waals surface area contributed by atoms with Crippen molar-refractivity contribution >= 4 is 29.5 Å². The predicted molar refractivity (Wildman–Crippen MR) is 154 cm³/mol. The van der Waals surface area contributed by atoms with E-state index in [2.05, 4.69) is 17.1 Å². The summed E-state index contributed by atoms with van der Waals surface area (Å²) in [5.74, 6) is -2.18. The summed E-state index contributed by atoms with van der Waals surface area (Å²) >= 11 is 1.57. The average Bonchev–Trinajstić information content (AvgIpc) is 3.28. The van der Waals surface area contributed by atoms with Gasteiger partial charge in [-0.25, -0.2) is 0 Å². The Morgan fingerprint density at radius 1 is 1.05 bits per heavy atom. The summed E-state index contributed by atoms with van der Waals surface area (Å²) in [5.41, 5.74) is 0. The molecule has 3 saturated heterocycles. The van der Waals surface area contributed by atoms with Crippen molar-refractivity contribution in [2.24, 2.45) is 17.8 Å². The molecule has 10 heteroatoms. The Labute approximate surface area is 242 Å². The standard InChI is InChI=1S/C30H45N3O6S/c1-4-21(2)22(20-34)33-25-27(36)32(14-13-31-15-18-38-19-16-31)12-9-11-30(25)23(26(33)35)24-28(37)39-17-8-6-5-7-10-29(24,3)40-30/h7,9-11,21-25,34H,4-6,8,12-20H2,1-3H3/b10-7-/t21-,22-,23-,24+,25?,29-,30-/m0/s1. The minimum atomic E-state index is -0.931. The SMILES string of the molecule is CC[C@H](C)[C@H](CO)N1C(=O)[C@@H]2[C@@H]3C(=O)OCCCC/C=C\[C@]3(C)S[C@@]23C=CCN(CCN2CCOCC2)C(=O)C13. The Kier molecular flexibility index (Phi) is 9.00. The zero-order valence-electron chi connectivity index (χ0n) is 24.1. The van der Waals surface area contributed by atoms with Crippen molar-refractivity contribution in [2.75, 3.05) is 59.2 Å². The Morgan fingerprint density at radius 2 is 1.82 bits per heavy atom. The first-order chi connectivity index (χ1) is 19.3. The van der Waals surface area contributed by atoms with Gasteiger partial charge in [-0.3, -0.25) is 19.3 Å². The molecular formula is C30H45N3O6S. The highest BCUT2D eigenvalue weighted by atomic mass is 32.2. The van der Waals surface area contributed by atoms with Crippen LogP contribution in [0.1, 0.15) is 46.5 Å². The number of esters is 1. The molecule has 2 amide bonds. The first-order valence-electron chi connectivity index (χ1n) is 15.0. The molecule has 1 spiro atoms. The van der Waals surface area contributed by atoms with Crippen LogP contribution in [0.5, 0.6) is 0 Å². The second-order valence-corrected chi connectivity index (χ2v) is 13.9. The van der Waals surface area contributed by atoms with Gasteiger partial charge in [0.15, 0.2) is 0 Å². The van der Waals surface area contributed by atoms with Gasteiger partial charge in [0, 0.05) is 37.5 Å². The molecule has 0 aromatic carbocycles. The maximum absolute atomic E-state index is 14.6. The first kappa shape index (κ1) is 29.6. The predicted octanol–water partition coefficient (Wildman–Crippen LogP) is 2.09. The van der Waals surface area contributed by atoms with Crippen molar-refractivity contribution in [1.82, 2.24) is 14.7 Å². The van der Waals surface area contributed by atoms with Gasteiger partial charge >= 0.3 is 5.97 Å². The van der Waals surface area contributed by atoms with Crippen molar-refractivity contribution in [1.29, 1.82) is 0 Å². The number of carbonyl (C=O) groups is 3. The number of carbonyl (C=O) groups excluding carboxylic acids is 3. The molecule has 5 heterocycles. The Balaban J connectivity index is 1.56. The van der Waals surface area contributed by atoms with E-state index < -0.39 is 33.4 Å². The van der Waals surface area contributed by atoms with Crippen LogP contribution in [0.4, 0.5) is 0 Å². The lowest BCUT2D eigenvalue weighted by atomic mass is 9.74. The van der Waals surface area contributed by atoms with Gasteiger partial charge in [0.25, 0.3) is 0 Å². The van der Waals surface area contributed by atoms with Crippen LogP contribution in [0.25, 0.3) is 0 Å². The quantitative estimate of drug-likeness (QED) is 0.364. The minimum absolute atomic E-state index is 0.0149. The van der Waals surface area contributed by atoms with Crippen molar-refractivity contribution in [2.45, 2.75) is 68.0 Å². The minimum Gasteiger partial charge on any atom is -0.465 e. The largest absolute Gasteiger partial charge is 0.465 e. The molecule has 0 aromatic rings. The van der Waals surface area contributed by atoms with Gasteiger partial charge in [-0.2, -0.15) is 0 Å². The number of hydrogen-bond donors (Lipinski definition) is 1. The molecule has 7 atom stereocenters. The number of cyclic esters (lactones) is 1. The van der Waals surface area contributed by atoms with Gasteiger partial charge in [-0.15, -0.1) is 11.8 Å². The number of nitrogens with zero attached hydrogens (tertiary/aromatic N) is 3. The van der Waals surface area contributed by atoms with Crippen molar-refractivity contribution in [3.63, 3.8) is 0 Å². The van der Waals surface area contributed by atoms with Gasteiger partial charge in [0.1, 0.15) is 6.04 Å². The molecule has 40 heavy (non-hydrogen) atoms. The molecule has 0 radical (unpaired) electrons. The van der Waals surface area contributed by atoms with Crippen molar-refractivity contribution < 1.29 is 29.0 Å². The summed E-state index contributed by atoms with van der Waals surface area (Å²) in [6, 6.07) is -1.32. The van der Waals surface area contributed by atoms with Crippen molar-refractivity contribution in [3.8, 4) is 0 Å². The average molecular weight is 576 g/mol. The lowest BCUT2D eigenvalue weighted by molar-refractivity contribution is -0.155. The molecule has 5 rings (SSSR count). The van der Waals surface area contributed by atoms with E-state index in [-0.39, 0.29) is 30.3 Å². The van der Waals surface area contributed by atoms with Crippen LogP contribution >= 0.6 is 11.8 Å². The molecule has 0 saturated carbocycles. The number of fused-ring (bicyclic) bond motifs is 2. The van der Waals surface area contributed by atoms with Crippen LogP contribution in [0.2, 0.25) is 0 Å². The number of aliphatic hydroxyl groups excluding tert-OH is 1. The number of hydrogen-bond acceptors (Lipinski definition) is 8. The van der Waals surface area contributed by atoms with E-state index in [1.165, 1.54) is 0 Å². The Bertz CT molecular complexity index is 1030. The van der Waals surface area contributed by atoms with E-state index in [4.69, 9.17) is 9.47 Å². The Hall–Kier alpha value is -1.88. The van der Waals surface area contributed by atoms with Gasteiger partial charge < -0.3 is 24.4 Å². The topological polar surface area (TPSA) is 99.6 Å². The zero-order valence-corrected chi connectivity index (χ0v) is 24.9. The summed E-state index contributed by atoms with van der Waals surface area (Å²) in [6.07, 6.45) is 11.6. The molecule has 0 aromatic heterocycles. The fourth-order valence-corrected chi connectivity index (χ4v) is 9.38. The number of amides is 2. The number of thioether (sulfide) groups is 1. The van der Waals surface area contributed by atoms with E-state index >= 15 is 0 Å². The van der Waals surface area contributed by atoms with E-state index in [9.17, 15) is 19.5 Å². The molecule has 1 unspecified atom stereocenters. The number of rotatable bonds is 7. The molecule has 9 nitrogen and oxygen atoms in total. The Morgan fingerprint density at radius 3 is 2.55 bits per heavy atom. The summed E-state index contributed by atoms with van der Waals surface area (Å²) in [7, 11) is 0. The molecule has 3 fully saturated rings. The van der Waals surface area contributed by atoms with E-state index in [1.54, 1.807) is 16.7 Å². The van der Waals surface area contributed by atoms with Gasteiger partial charge in [0.05, 0.1) is 49.1 Å². The smallest absolute Gasteiger partial charge is 0.311 e. The first-order valence-corrected chi connectivity index (χ1v) is 15.8. The van der Waals surface area contributed by atoms with Crippen LogP contribution in [0, 0.1) is 17.8 Å². The molecule has 1 N–H and O–H groups in total. The second kappa shape index (κ2) is 12.2. The van der Waals surface area contributed by atoms with Crippen LogP contribution in [-0.2, 0) is 23.9 Å². The maximum atomic E-state index is 14.6. The number of likely N-dealkylation sites (tertiary alicyclic amines) is 1. The molecular weight excluding hydrogens is 530 g/mol. The summed E-state index contributed by atoms with van der Waals surface area (Å²) in [5, 5.41) is 10.6. The van der Waals surface area contributed by atoms with E-state index in [1.807, 2.05) is 37.8 Å². The third-order valence-corrected chi connectivity index (χ3v) is 11.5. The summed E-state index contributed by atoms with van der Waals surface area (Å²) in [6.45, 7) is 10.9.